The van der Waals surface area contributed by atoms with Gasteiger partial charge in [-0.25, -0.2) is 4.79 Å². The van der Waals surface area contributed by atoms with Crippen LogP contribution in [0.4, 0.5) is 4.79 Å². The van der Waals surface area contributed by atoms with Crippen LogP contribution in [0.5, 0.6) is 11.5 Å². The number of carbonyl (C=O) groups excluding carboxylic acids is 3. The zero-order chi connectivity index (χ0) is 20.9. The molecule has 154 valence electrons. The average Bonchev–Trinajstić information content (AvgIpc) is 2.88. The van der Waals surface area contributed by atoms with E-state index in [1.807, 2.05) is 0 Å². The molecule has 0 saturated carbocycles. The minimum Gasteiger partial charge on any atom is -0.493 e. The Morgan fingerprint density at radius 3 is 2.50 bits per heavy atom. The van der Waals surface area contributed by atoms with Crippen LogP contribution < -0.4 is 20.1 Å². The predicted octanol–water partition coefficient (Wildman–Crippen LogP) is 2.07. The van der Waals surface area contributed by atoms with Crippen LogP contribution in [0.15, 0.2) is 18.2 Å². The maximum atomic E-state index is 12.6. The summed E-state index contributed by atoms with van der Waals surface area (Å²) >= 11 is 0. The number of carbonyl (C=O) groups is 3. The molecule has 1 aromatic rings. The van der Waals surface area contributed by atoms with Crippen molar-refractivity contribution in [3.8, 4) is 11.5 Å². The van der Waals surface area contributed by atoms with E-state index in [1.54, 1.807) is 32.2 Å². The fourth-order valence-corrected chi connectivity index (χ4v) is 3.03. The lowest BCUT2D eigenvalue weighted by Crippen LogP contribution is -2.45. The molecule has 1 aliphatic heterocycles. The maximum Gasteiger partial charge on any atom is 0.325 e. The zero-order valence-corrected chi connectivity index (χ0v) is 17.1. The molecule has 8 heteroatoms. The van der Waals surface area contributed by atoms with Crippen molar-refractivity contribution in [3.63, 3.8) is 0 Å². The van der Waals surface area contributed by atoms with Crippen molar-refractivity contribution in [3.05, 3.63) is 23.8 Å². The van der Waals surface area contributed by atoms with Crippen molar-refractivity contribution >= 4 is 17.8 Å². The number of nitrogens with zero attached hydrogens (tertiary/aromatic N) is 1. The van der Waals surface area contributed by atoms with Crippen LogP contribution in [0.25, 0.3) is 0 Å². The third kappa shape index (κ3) is 4.94. The van der Waals surface area contributed by atoms with Gasteiger partial charge in [-0.05, 0) is 43.4 Å². The van der Waals surface area contributed by atoms with E-state index in [4.69, 9.17) is 9.47 Å². The number of nitrogens with one attached hydrogen (secondary N) is 2. The van der Waals surface area contributed by atoms with Crippen molar-refractivity contribution in [1.29, 1.82) is 0 Å². The first-order valence-corrected chi connectivity index (χ1v) is 9.32. The summed E-state index contributed by atoms with van der Waals surface area (Å²) in [7, 11) is 3.08. The molecule has 0 unspecified atom stereocenters. The molecule has 0 radical (unpaired) electrons. The van der Waals surface area contributed by atoms with Crippen LogP contribution >= 0.6 is 0 Å². The zero-order valence-electron chi connectivity index (χ0n) is 17.1. The molecular formula is C20H29N3O5. The molecule has 2 rings (SSSR count). The fourth-order valence-electron chi connectivity index (χ4n) is 3.03. The van der Waals surface area contributed by atoms with E-state index in [0.29, 0.717) is 23.8 Å². The van der Waals surface area contributed by atoms with Crippen molar-refractivity contribution in [2.75, 3.05) is 20.8 Å². The Morgan fingerprint density at radius 1 is 1.21 bits per heavy atom. The second kappa shape index (κ2) is 8.95. The van der Waals surface area contributed by atoms with Gasteiger partial charge >= 0.3 is 6.03 Å². The second-order valence-electron chi connectivity index (χ2n) is 7.55. The van der Waals surface area contributed by atoms with Gasteiger partial charge in [0.25, 0.3) is 5.91 Å². The molecule has 0 aliphatic carbocycles. The first-order valence-electron chi connectivity index (χ1n) is 9.32. The van der Waals surface area contributed by atoms with E-state index in [-0.39, 0.29) is 19.0 Å². The molecule has 8 nitrogen and oxygen atoms in total. The topological polar surface area (TPSA) is 97.0 Å². The third-order valence-electron chi connectivity index (χ3n) is 4.81. The molecule has 28 heavy (non-hydrogen) atoms. The molecule has 1 heterocycles. The van der Waals surface area contributed by atoms with Gasteiger partial charge in [0, 0.05) is 6.54 Å². The van der Waals surface area contributed by atoms with Gasteiger partial charge in [0.2, 0.25) is 5.91 Å². The summed E-state index contributed by atoms with van der Waals surface area (Å²) in [6.07, 6.45) is 1.35. The summed E-state index contributed by atoms with van der Waals surface area (Å²) in [6, 6.07) is 4.78. The van der Waals surface area contributed by atoms with Gasteiger partial charge in [0.1, 0.15) is 12.1 Å². The van der Waals surface area contributed by atoms with Gasteiger partial charge in [-0.15, -0.1) is 0 Å². The van der Waals surface area contributed by atoms with E-state index < -0.39 is 17.5 Å². The first kappa shape index (κ1) is 21.5. The Kier molecular flexibility index (Phi) is 6.88. The predicted molar refractivity (Wildman–Crippen MR) is 104 cm³/mol. The van der Waals surface area contributed by atoms with Crippen molar-refractivity contribution in [1.82, 2.24) is 15.5 Å². The van der Waals surface area contributed by atoms with Crippen LogP contribution in [-0.4, -0.2) is 49.0 Å². The lowest BCUT2D eigenvalue weighted by Gasteiger charge is -2.22. The second-order valence-corrected chi connectivity index (χ2v) is 7.55. The summed E-state index contributed by atoms with van der Waals surface area (Å²) in [5, 5.41) is 5.44. The number of rotatable bonds is 9. The van der Waals surface area contributed by atoms with Gasteiger partial charge in [-0.3, -0.25) is 14.5 Å². The molecule has 1 atom stereocenters. The lowest BCUT2D eigenvalue weighted by atomic mass is 9.92. The smallest absolute Gasteiger partial charge is 0.325 e. The summed E-state index contributed by atoms with van der Waals surface area (Å²) in [5.41, 5.74) is -0.143. The highest BCUT2D eigenvalue weighted by Gasteiger charge is 2.47. The summed E-state index contributed by atoms with van der Waals surface area (Å²) in [4.78, 5) is 38.1. The number of hydrogen-bond donors (Lipinski definition) is 2. The molecule has 0 aromatic heterocycles. The number of urea groups is 1. The van der Waals surface area contributed by atoms with E-state index in [9.17, 15) is 14.4 Å². The van der Waals surface area contributed by atoms with Gasteiger partial charge in [-0.2, -0.15) is 0 Å². The largest absolute Gasteiger partial charge is 0.493 e. The molecule has 0 bridgehead atoms. The minimum atomic E-state index is -0.953. The quantitative estimate of drug-likeness (QED) is 0.628. The highest BCUT2D eigenvalue weighted by Crippen LogP contribution is 2.27. The van der Waals surface area contributed by atoms with Gasteiger partial charge < -0.3 is 20.1 Å². The van der Waals surface area contributed by atoms with E-state index in [0.717, 1.165) is 16.9 Å². The van der Waals surface area contributed by atoms with Crippen LogP contribution in [0.3, 0.4) is 0 Å². The van der Waals surface area contributed by atoms with Crippen molar-refractivity contribution < 1.29 is 23.9 Å². The Morgan fingerprint density at radius 2 is 1.89 bits per heavy atom. The Hall–Kier alpha value is -2.77. The standard InChI is InChI=1S/C20H29N3O5/c1-13(2)8-9-20(3)18(25)23(19(26)22-20)12-17(24)21-11-14-6-7-15(27-4)16(10-14)28-5/h6-7,10,13H,8-9,11-12H2,1-5H3,(H,21,24)(H,22,26)/t20-/m0/s1. The Balaban J connectivity index is 1.94. The summed E-state index contributed by atoms with van der Waals surface area (Å²) in [6.45, 7) is 5.76. The monoisotopic (exact) mass is 391 g/mol. The molecule has 0 spiro atoms. The number of hydrogen-bond acceptors (Lipinski definition) is 5. The minimum absolute atomic E-state index is 0.244. The van der Waals surface area contributed by atoms with Crippen LogP contribution in [0.1, 0.15) is 39.2 Å². The van der Waals surface area contributed by atoms with Crippen LogP contribution in [-0.2, 0) is 16.1 Å². The van der Waals surface area contributed by atoms with Gasteiger partial charge in [0.15, 0.2) is 11.5 Å². The van der Waals surface area contributed by atoms with E-state index in [2.05, 4.69) is 24.5 Å². The van der Waals surface area contributed by atoms with Crippen molar-refractivity contribution in [2.24, 2.45) is 5.92 Å². The highest BCUT2D eigenvalue weighted by atomic mass is 16.5. The number of ether oxygens (including phenoxy) is 2. The average molecular weight is 391 g/mol. The molecule has 1 saturated heterocycles. The number of benzene rings is 1. The van der Waals surface area contributed by atoms with E-state index >= 15 is 0 Å². The van der Waals surface area contributed by atoms with Crippen molar-refractivity contribution in [2.45, 2.75) is 45.7 Å². The Labute approximate surface area is 165 Å². The SMILES string of the molecule is COc1ccc(CNC(=O)CN2C(=O)N[C@@](C)(CCC(C)C)C2=O)cc1OC. The van der Waals surface area contributed by atoms with E-state index in [1.165, 1.54) is 7.11 Å². The number of imide groups is 1. The highest BCUT2D eigenvalue weighted by molar-refractivity contribution is 6.08. The molecule has 1 aromatic carbocycles. The van der Waals surface area contributed by atoms with Crippen LogP contribution in [0.2, 0.25) is 0 Å². The molecular weight excluding hydrogens is 362 g/mol. The van der Waals surface area contributed by atoms with Crippen LogP contribution in [0, 0.1) is 5.92 Å². The molecule has 2 N–H and O–H groups in total. The number of amides is 4. The first-order chi connectivity index (χ1) is 13.2. The van der Waals surface area contributed by atoms with Gasteiger partial charge in [-0.1, -0.05) is 19.9 Å². The third-order valence-corrected chi connectivity index (χ3v) is 4.81. The molecule has 1 aliphatic rings. The normalized spacial score (nSPS) is 19.0. The lowest BCUT2D eigenvalue weighted by molar-refractivity contribution is -0.134. The molecule has 1 fully saturated rings. The molecule has 4 amide bonds. The Bertz CT molecular complexity index is 749. The maximum absolute atomic E-state index is 12.6. The summed E-state index contributed by atoms with van der Waals surface area (Å²) < 4.78 is 10.4. The summed E-state index contributed by atoms with van der Waals surface area (Å²) in [5.74, 6) is 0.799. The fraction of sp³-hybridized carbons (Fsp3) is 0.550. The number of methoxy groups -OCH3 is 2. The van der Waals surface area contributed by atoms with Gasteiger partial charge in [0.05, 0.1) is 14.2 Å².